The molecule has 5 nitrogen and oxygen atoms in total. The molecule has 2 amide bonds. The molecule has 1 aliphatic carbocycles. The van der Waals surface area contributed by atoms with Gasteiger partial charge in [0.1, 0.15) is 11.6 Å². The summed E-state index contributed by atoms with van der Waals surface area (Å²) in [7, 11) is 0. The van der Waals surface area contributed by atoms with E-state index >= 15 is 0 Å². The molecule has 4 rings (SSSR count). The fourth-order valence-corrected chi connectivity index (χ4v) is 4.39. The highest BCUT2D eigenvalue weighted by atomic mass is 32.1. The Kier molecular flexibility index (Phi) is 5.91. The molecule has 1 aromatic heterocycles. The fraction of sp³-hybridized carbons (Fsp3) is 0.429. The lowest BCUT2D eigenvalue weighted by Crippen LogP contribution is -2.47. The first kappa shape index (κ1) is 20.0. The highest BCUT2D eigenvalue weighted by Crippen LogP contribution is 2.31. The van der Waals surface area contributed by atoms with E-state index in [1.165, 1.54) is 29.5 Å². The average molecular weight is 419 g/mol. The summed E-state index contributed by atoms with van der Waals surface area (Å²) in [6, 6.07) is 7.25. The van der Waals surface area contributed by atoms with Crippen LogP contribution in [-0.2, 0) is 11.3 Å². The van der Waals surface area contributed by atoms with Gasteiger partial charge in [-0.3, -0.25) is 14.5 Å². The van der Waals surface area contributed by atoms with Gasteiger partial charge in [-0.05, 0) is 56.5 Å². The van der Waals surface area contributed by atoms with E-state index in [4.69, 9.17) is 0 Å². The molecule has 0 spiro atoms. The molecule has 0 radical (unpaired) electrons. The molecule has 2 heterocycles. The van der Waals surface area contributed by atoms with Crippen LogP contribution in [0.2, 0.25) is 0 Å². The van der Waals surface area contributed by atoms with Gasteiger partial charge in [-0.2, -0.15) is 0 Å². The van der Waals surface area contributed by atoms with Crippen LogP contribution in [0.25, 0.3) is 0 Å². The van der Waals surface area contributed by atoms with Gasteiger partial charge in [0.25, 0.3) is 5.91 Å². The number of nitrogens with zero attached hydrogens (tertiary/aromatic N) is 1. The highest BCUT2D eigenvalue weighted by Gasteiger charge is 2.30. The third-order valence-corrected chi connectivity index (χ3v) is 6.31. The zero-order valence-corrected chi connectivity index (χ0v) is 16.7. The molecule has 29 heavy (non-hydrogen) atoms. The monoisotopic (exact) mass is 419 g/mol. The Morgan fingerprint density at radius 1 is 1.10 bits per heavy atom. The molecule has 1 saturated carbocycles. The Bertz CT molecular complexity index is 893. The number of anilines is 1. The van der Waals surface area contributed by atoms with Crippen LogP contribution in [0.1, 0.15) is 40.9 Å². The van der Waals surface area contributed by atoms with Gasteiger partial charge in [-0.15, -0.1) is 11.3 Å². The summed E-state index contributed by atoms with van der Waals surface area (Å²) in [5, 5.41) is 6.53. The van der Waals surface area contributed by atoms with Gasteiger partial charge < -0.3 is 10.6 Å². The summed E-state index contributed by atoms with van der Waals surface area (Å²) in [6.45, 7) is 1.45. The van der Waals surface area contributed by atoms with Crippen LogP contribution in [-0.4, -0.2) is 35.8 Å². The smallest absolute Gasteiger partial charge is 0.261 e. The van der Waals surface area contributed by atoms with Gasteiger partial charge in [0.05, 0.1) is 9.88 Å². The lowest BCUT2D eigenvalue weighted by atomic mass is 10.0. The van der Waals surface area contributed by atoms with E-state index < -0.39 is 11.6 Å². The standard InChI is InChI=1S/C21H23F2N3O2S/c22-16-4-1-5-17(23)15(16)12-26-10-2-3-14(11-26)24-21(28)18-8-9-19(29-18)25-20(27)13-6-7-13/h1,4-5,8-9,13-14H,2-3,6-7,10-12H2,(H,24,28)(H,25,27). The predicted molar refractivity (Wildman–Crippen MR) is 108 cm³/mol. The lowest BCUT2D eigenvalue weighted by molar-refractivity contribution is -0.117. The average Bonchev–Trinajstić information content (AvgIpc) is 3.45. The second kappa shape index (κ2) is 8.59. The first-order valence-electron chi connectivity index (χ1n) is 9.86. The second-order valence-electron chi connectivity index (χ2n) is 7.68. The van der Waals surface area contributed by atoms with E-state index in [2.05, 4.69) is 10.6 Å². The minimum absolute atomic E-state index is 0.0158. The normalized spacial score (nSPS) is 19.7. The van der Waals surface area contributed by atoms with E-state index in [9.17, 15) is 18.4 Å². The molecule has 1 saturated heterocycles. The molecule has 1 aromatic carbocycles. The number of nitrogens with one attached hydrogen (secondary N) is 2. The van der Waals surface area contributed by atoms with Crippen LogP contribution in [0.15, 0.2) is 30.3 Å². The maximum Gasteiger partial charge on any atom is 0.261 e. The third kappa shape index (κ3) is 5.00. The van der Waals surface area contributed by atoms with Crippen molar-refractivity contribution in [1.29, 1.82) is 0 Å². The number of rotatable bonds is 6. The zero-order chi connectivity index (χ0) is 20.4. The Morgan fingerprint density at radius 2 is 1.86 bits per heavy atom. The Balaban J connectivity index is 1.32. The first-order valence-corrected chi connectivity index (χ1v) is 10.7. The van der Waals surface area contributed by atoms with Gasteiger partial charge in [0, 0.05) is 30.6 Å². The van der Waals surface area contributed by atoms with E-state index in [-0.39, 0.29) is 35.9 Å². The largest absolute Gasteiger partial charge is 0.347 e. The minimum Gasteiger partial charge on any atom is -0.347 e. The lowest BCUT2D eigenvalue weighted by Gasteiger charge is -2.33. The molecule has 2 fully saturated rings. The van der Waals surface area contributed by atoms with Crippen molar-refractivity contribution in [2.75, 3.05) is 18.4 Å². The van der Waals surface area contributed by atoms with Gasteiger partial charge in [-0.25, -0.2) is 8.78 Å². The molecule has 8 heteroatoms. The fourth-order valence-electron chi connectivity index (χ4n) is 3.58. The van der Waals surface area contributed by atoms with Crippen molar-refractivity contribution in [1.82, 2.24) is 10.2 Å². The molecule has 1 unspecified atom stereocenters. The van der Waals surface area contributed by atoms with Crippen LogP contribution in [0, 0.1) is 17.6 Å². The SMILES string of the molecule is O=C(NC1CCCN(Cc2c(F)cccc2F)C1)c1ccc(NC(=O)C2CC2)s1. The number of carbonyl (C=O) groups excluding carboxylic acids is 2. The first-order chi connectivity index (χ1) is 14.0. The highest BCUT2D eigenvalue weighted by molar-refractivity contribution is 7.18. The van der Waals surface area contributed by atoms with Crippen molar-refractivity contribution in [2.24, 2.45) is 5.92 Å². The maximum absolute atomic E-state index is 13.9. The molecule has 154 valence electrons. The molecule has 2 aromatic rings. The molecular formula is C21H23F2N3O2S. The van der Waals surface area contributed by atoms with Crippen molar-refractivity contribution in [3.63, 3.8) is 0 Å². The van der Waals surface area contributed by atoms with Gasteiger partial charge in [0.2, 0.25) is 5.91 Å². The van der Waals surface area contributed by atoms with Crippen LogP contribution in [0.5, 0.6) is 0 Å². The number of benzene rings is 1. The van der Waals surface area contributed by atoms with Crippen molar-refractivity contribution in [2.45, 2.75) is 38.3 Å². The number of thiophene rings is 1. The molecule has 2 N–H and O–H groups in total. The van der Waals surface area contributed by atoms with Crippen molar-refractivity contribution in [3.8, 4) is 0 Å². The summed E-state index contributed by atoms with van der Waals surface area (Å²) >= 11 is 1.25. The van der Waals surface area contributed by atoms with Crippen LogP contribution < -0.4 is 10.6 Å². The molecule has 1 atom stereocenters. The van der Waals surface area contributed by atoms with E-state index in [0.717, 1.165) is 32.2 Å². The van der Waals surface area contributed by atoms with Crippen LogP contribution in [0.3, 0.4) is 0 Å². The predicted octanol–water partition coefficient (Wildman–Crippen LogP) is 3.77. The van der Waals surface area contributed by atoms with Crippen LogP contribution in [0.4, 0.5) is 13.8 Å². The second-order valence-corrected chi connectivity index (χ2v) is 8.76. The molecule has 0 bridgehead atoms. The zero-order valence-electron chi connectivity index (χ0n) is 15.9. The number of hydrogen-bond acceptors (Lipinski definition) is 4. The van der Waals surface area contributed by atoms with Crippen molar-refractivity contribution < 1.29 is 18.4 Å². The number of piperidine rings is 1. The quantitative estimate of drug-likeness (QED) is 0.749. The maximum atomic E-state index is 13.9. The number of carbonyl (C=O) groups is 2. The summed E-state index contributed by atoms with van der Waals surface area (Å²) in [4.78, 5) is 26.9. The summed E-state index contributed by atoms with van der Waals surface area (Å²) in [6.07, 6.45) is 3.52. The summed E-state index contributed by atoms with van der Waals surface area (Å²) < 4.78 is 27.8. The number of hydrogen-bond donors (Lipinski definition) is 2. The van der Waals surface area contributed by atoms with Crippen LogP contribution >= 0.6 is 11.3 Å². The topological polar surface area (TPSA) is 61.4 Å². The summed E-state index contributed by atoms with van der Waals surface area (Å²) in [5.41, 5.74) is 0.0637. The van der Waals surface area contributed by atoms with E-state index in [1.54, 1.807) is 12.1 Å². The molecule has 2 aliphatic rings. The number of amides is 2. The van der Waals surface area contributed by atoms with E-state index in [1.807, 2.05) is 4.90 Å². The van der Waals surface area contributed by atoms with Gasteiger partial charge in [-0.1, -0.05) is 6.07 Å². The van der Waals surface area contributed by atoms with Gasteiger partial charge >= 0.3 is 0 Å². The molecular weight excluding hydrogens is 396 g/mol. The van der Waals surface area contributed by atoms with Gasteiger partial charge in [0.15, 0.2) is 0 Å². The van der Waals surface area contributed by atoms with Crippen molar-refractivity contribution >= 4 is 28.2 Å². The minimum atomic E-state index is -0.546. The number of likely N-dealkylation sites (tertiary alicyclic amines) is 1. The summed E-state index contributed by atoms with van der Waals surface area (Å²) in [5.74, 6) is -1.15. The Labute approximate surface area is 172 Å². The van der Waals surface area contributed by atoms with E-state index in [0.29, 0.717) is 16.4 Å². The Hall–Kier alpha value is -2.32. The van der Waals surface area contributed by atoms with Crippen molar-refractivity contribution in [3.05, 3.63) is 52.4 Å². The number of halogens is 2. The molecule has 1 aliphatic heterocycles. The third-order valence-electron chi connectivity index (χ3n) is 5.31. The Morgan fingerprint density at radius 3 is 2.59 bits per heavy atom.